The van der Waals surface area contributed by atoms with Crippen LogP contribution >= 0.6 is 12.2 Å². The number of ether oxygens (including phenoxy) is 1. The summed E-state index contributed by atoms with van der Waals surface area (Å²) >= 11 is 5.06. The predicted molar refractivity (Wildman–Crippen MR) is 109 cm³/mol. The number of amides is 2. The monoisotopic (exact) mass is 378 g/mol. The molecule has 6 heteroatoms. The predicted octanol–water partition coefficient (Wildman–Crippen LogP) is 3.17. The summed E-state index contributed by atoms with van der Waals surface area (Å²) < 4.78 is 5.27. The highest BCUT2D eigenvalue weighted by molar-refractivity contribution is 7.80. The van der Waals surface area contributed by atoms with Crippen LogP contribution in [0.15, 0.2) is 66.8 Å². The molecule has 1 aliphatic heterocycles. The Morgan fingerprint density at radius 1 is 1.15 bits per heavy atom. The molecule has 5 nitrogen and oxygen atoms in total. The van der Waals surface area contributed by atoms with E-state index in [4.69, 9.17) is 17.0 Å². The number of hydrogen-bond acceptors (Lipinski definition) is 4. The zero-order valence-electron chi connectivity index (χ0n) is 14.8. The fraction of sp³-hybridized carbons (Fsp3) is 0.0952. The highest BCUT2D eigenvalue weighted by atomic mass is 32.1. The lowest BCUT2D eigenvalue weighted by atomic mass is 10.0. The van der Waals surface area contributed by atoms with Gasteiger partial charge in [0.25, 0.3) is 11.8 Å². The van der Waals surface area contributed by atoms with Crippen LogP contribution in [0.1, 0.15) is 5.56 Å². The molecule has 0 bridgehead atoms. The van der Waals surface area contributed by atoms with E-state index in [0.29, 0.717) is 0 Å². The van der Waals surface area contributed by atoms with Gasteiger partial charge in [0.2, 0.25) is 0 Å². The first kappa shape index (κ1) is 18.5. The van der Waals surface area contributed by atoms with Crippen LogP contribution in [0.4, 0.5) is 0 Å². The minimum Gasteiger partial charge on any atom is -0.497 e. The summed E-state index contributed by atoms with van der Waals surface area (Å²) in [5.74, 6) is -0.181. The Morgan fingerprint density at radius 2 is 1.85 bits per heavy atom. The average Bonchev–Trinajstić information content (AvgIpc) is 2.68. The van der Waals surface area contributed by atoms with Crippen molar-refractivity contribution in [2.45, 2.75) is 0 Å². The van der Waals surface area contributed by atoms with Crippen LogP contribution in [0.5, 0.6) is 5.75 Å². The highest BCUT2D eigenvalue weighted by Gasteiger charge is 2.32. The lowest BCUT2D eigenvalue weighted by Gasteiger charge is -2.27. The largest absolute Gasteiger partial charge is 0.497 e. The Balaban J connectivity index is 1.96. The van der Waals surface area contributed by atoms with Gasteiger partial charge in [0.15, 0.2) is 5.11 Å². The van der Waals surface area contributed by atoms with Gasteiger partial charge in [-0.25, -0.2) is 0 Å². The van der Waals surface area contributed by atoms with Crippen LogP contribution in [0.3, 0.4) is 0 Å². The number of benzene rings is 2. The molecule has 1 heterocycles. The van der Waals surface area contributed by atoms with E-state index in [0.717, 1.165) is 22.4 Å². The maximum atomic E-state index is 12.6. The minimum atomic E-state index is -0.503. The molecule has 0 spiro atoms. The van der Waals surface area contributed by atoms with E-state index >= 15 is 0 Å². The first-order valence-corrected chi connectivity index (χ1v) is 8.68. The Hall–Kier alpha value is -3.25. The minimum absolute atomic E-state index is 0.0354. The molecule has 2 amide bonds. The summed E-state index contributed by atoms with van der Waals surface area (Å²) in [6, 6.07) is 15.3. The van der Waals surface area contributed by atoms with Crippen molar-refractivity contribution >= 4 is 35.2 Å². The van der Waals surface area contributed by atoms with E-state index < -0.39 is 11.8 Å². The molecule has 1 aliphatic rings. The number of rotatable bonds is 5. The normalized spacial score (nSPS) is 15.7. The number of methoxy groups -OCH3 is 1. The second kappa shape index (κ2) is 7.97. The van der Waals surface area contributed by atoms with Crippen molar-refractivity contribution in [1.29, 1.82) is 0 Å². The van der Waals surface area contributed by atoms with Crippen molar-refractivity contribution in [2.75, 3.05) is 13.7 Å². The third-order valence-corrected chi connectivity index (χ3v) is 4.42. The first-order valence-electron chi connectivity index (χ1n) is 8.27. The molecule has 0 radical (unpaired) electrons. The molecule has 0 unspecified atom stereocenters. The van der Waals surface area contributed by atoms with E-state index in [1.807, 2.05) is 48.5 Å². The molecule has 2 aromatic carbocycles. The molecule has 1 fully saturated rings. The van der Waals surface area contributed by atoms with Crippen molar-refractivity contribution in [3.05, 3.63) is 72.3 Å². The summed E-state index contributed by atoms with van der Waals surface area (Å²) in [6.45, 7) is 3.85. The third kappa shape index (κ3) is 3.96. The van der Waals surface area contributed by atoms with Crippen LogP contribution in [-0.4, -0.2) is 35.5 Å². The SMILES string of the molecule is C=CCN1C(=O)C(=Cc2cccc(-c3cccc(OC)c3)c2)C(=O)NC1=S. The number of nitrogens with one attached hydrogen (secondary N) is 1. The van der Waals surface area contributed by atoms with Crippen LogP contribution in [0.2, 0.25) is 0 Å². The van der Waals surface area contributed by atoms with E-state index in [2.05, 4.69) is 11.9 Å². The Morgan fingerprint density at radius 3 is 2.56 bits per heavy atom. The zero-order chi connectivity index (χ0) is 19.4. The van der Waals surface area contributed by atoms with E-state index in [1.54, 1.807) is 19.3 Å². The maximum Gasteiger partial charge on any atom is 0.265 e. The van der Waals surface area contributed by atoms with E-state index in [9.17, 15) is 9.59 Å². The van der Waals surface area contributed by atoms with Crippen molar-refractivity contribution in [2.24, 2.45) is 0 Å². The van der Waals surface area contributed by atoms with Gasteiger partial charge in [-0.3, -0.25) is 19.8 Å². The summed E-state index contributed by atoms with van der Waals surface area (Å²) in [7, 11) is 1.62. The van der Waals surface area contributed by atoms with Crippen LogP contribution < -0.4 is 10.1 Å². The Kier molecular flexibility index (Phi) is 5.47. The number of hydrogen-bond donors (Lipinski definition) is 1. The second-order valence-electron chi connectivity index (χ2n) is 5.88. The lowest BCUT2D eigenvalue weighted by molar-refractivity contribution is -0.128. The fourth-order valence-corrected chi connectivity index (χ4v) is 3.02. The van der Waals surface area contributed by atoms with Crippen LogP contribution in [-0.2, 0) is 9.59 Å². The molecule has 1 N–H and O–H groups in total. The molecule has 27 heavy (non-hydrogen) atoms. The molecule has 136 valence electrons. The average molecular weight is 378 g/mol. The van der Waals surface area contributed by atoms with Crippen molar-refractivity contribution in [3.63, 3.8) is 0 Å². The molecular formula is C21H18N2O3S. The Bertz CT molecular complexity index is 965. The van der Waals surface area contributed by atoms with E-state index in [1.165, 1.54) is 4.90 Å². The lowest BCUT2D eigenvalue weighted by Crippen LogP contribution is -2.53. The van der Waals surface area contributed by atoms with Gasteiger partial charge >= 0.3 is 0 Å². The molecular weight excluding hydrogens is 360 g/mol. The fourth-order valence-electron chi connectivity index (χ4n) is 2.77. The summed E-state index contributed by atoms with van der Waals surface area (Å²) in [5.41, 5.74) is 2.70. The van der Waals surface area contributed by atoms with Gasteiger partial charge in [-0.15, -0.1) is 6.58 Å². The summed E-state index contributed by atoms with van der Waals surface area (Å²) in [4.78, 5) is 26.2. The van der Waals surface area contributed by atoms with Gasteiger partial charge in [-0.1, -0.05) is 36.4 Å². The number of carbonyl (C=O) groups excluding carboxylic acids is 2. The molecule has 0 atom stereocenters. The topological polar surface area (TPSA) is 58.6 Å². The molecule has 1 saturated heterocycles. The van der Waals surface area contributed by atoms with Gasteiger partial charge in [0, 0.05) is 6.54 Å². The zero-order valence-corrected chi connectivity index (χ0v) is 15.6. The van der Waals surface area contributed by atoms with Crippen molar-refractivity contribution in [1.82, 2.24) is 10.2 Å². The summed E-state index contributed by atoms with van der Waals surface area (Å²) in [6.07, 6.45) is 3.13. The van der Waals surface area contributed by atoms with Crippen molar-refractivity contribution in [3.8, 4) is 16.9 Å². The standard InChI is InChI=1S/C21H18N2O3S/c1-3-10-23-20(25)18(19(24)22-21(23)27)12-14-6-4-7-15(11-14)16-8-5-9-17(13-16)26-2/h3-9,11-13H,1,10H2,2H3,(H,22,24,27). The van der Waals surface area contributed by atoms with Crippen molar-refractivity contribution < 1.29 is 14.3 Å². The number of thiocarbonyl (C=S) groups is 1. The Labute approximate surface area is 162 Å². The molecule has 0 aromatic heterocycles. The number of nitrogens with zero attached hydrogens (tertiary/aromatic N) is 1. The van der Waals surface area contributed by atoms with Crippen LogP contribution in [0, 0.1) is 0 Å². The molecule has 3 rings (SSSR count). The number of carbonyl (C=O) groups is 2. The molecule has 0 aliphatic carbocycles. The van der Waals surface area contributed by atoms with Gasteiger partial charge < -0.3 is 4.74 Å². The maximum absolute atomic E-state index is 12.6. The molecule has 0 saturated carbocycles. The smallest absolute Gasteiger partial charge is 0.265 e. The van der Waals surface area contributed by atoms with Crippen LogP contribution in [0.25, 0.3) is 17.2 Å². The summed E-state index contributed by atoms with van der Waals surface area (Å²) in [5, 5.41) is 2.63. The molecule has 2 aromatic rings. The van der Waals surface area contributed by atoms with Gasteiger partial charge in [0.1, 0.15) is 11.3 Å². The van der Waals surface area contributed by atoms with Gasteiger partial charge in [0.05, 0.1) is 7.11 Å². The quantitative estimate of drug-likeness (QED) is 0.376. The first-order chi connectivity index (χ1) is 13.0. The van der Waals surface area contributed by atoms with Gasteiger partial charge in [-0.2, -0.15) is 0 Å². The third-order valence-electron chi connectivity index (χ3n) is 4.10. The highest BCUT2D eigenvalue weighted by Crippen LogP contribution is 2.25. The van der Waals surface area contributed by atoms with E-state index in [-0.39, 0.29) is 17.2 Å². The van der Waals surface area contributed by atoms with Gasteiger partial charge in [-0.05, 0) is 53.2 Å². The second-order valence-corrected chi connectivity index (χ2v) is 6.27.